The number of nitrogens with zero attached hydrogens (tertiary/aromatic N) is 1. The Morgan fingerprint density at radius 2 is 0.878 bits per heavy atom. The Labute approximate surface area is 282 Å². The highest BCUT2D eigenvalue weighted by atomic mass is 16.3. The molecule has 0 unspecified atom stereocenters. The largest absolute Gasteiger partial charge is 0.456 e. The fourth-order valence-electron chi connectivity index (χ4n) is 7.65. The molecule has 10 rings (SSSR count). The summed E-state index contributed by atoms with van der Waals surface area (Å²) >= 11 is 0. The molecule has 0 aliphatic heterocycles. The molecule has 0 N–H and O–H groups in total. The average molecular weight is 622 g/mol. The molecule has 49 heavy (non-hydrogen) atoms. The summed E-state index contributed by atoms with van der Waals surface area (Å²) in [4.78, 5) is 0. The fraction of sp³-hybridized carbons (Fsp3) is 0. The third-order valence-corrected chi connectivity index (χ3v) is 10.1. The van der Waals surface area contributed by atoms with Gasteiger partial charge in [-0.1, -0.05) is 115 Å². The molecule has 1 aromatic heterocycles. The van der Waals surface area contributed by atoms with Crippen LogP contribution >= 0.6 is 0 Å². The zero-order valence-corrected chi connectivity index (χ0v) is 26.4. The Bertz CT molecular complexity index is 2990. The summed E-state index contributed by atoms with van der Waals surface area (Å²) in [5.41, 5.74) is 9.37. The van der Waals surface area contributed by atoms with Gasteiger partial charge in [-0.3, -0.25) is 0 Å². The van der Waals surface area contributed by atoms with Gasteiger partial charge in [0.2, 0.25) is 0 Å². The predicted molar refractivity (Wildman–Crippen MR) is 205 cm³/mol. The van der Waals surface area contributed by atoms with E-state index >= 15 is 0 Å². The first-order valence-corrected chi connectivity index (χ1v) is 16.6. The second-order valence-electron chi connectivity index (χ2n) is 12.8. The minimum atomic E-state index is 0.630. The van der Waals surface area contributed by atoms with Crippen LogP contribution in [-0.4, -0.2) is 0 Å². The van der Waals surface area contributed by atoms with Gasteiger partial charge in [-0.05, 0) is 125 Å². The van der Waals surface area contributed by atoms with Crippen molar-refractivity contribution in [2.24, 2.45) is 0 Å². The molecule has 0 spiro atoms. The highest BCUT2D eigenvalue weighted by Crippen LogP contribution is 2.42. The van der Waals surface area contributed by atoms with Crippen molar-refractivity contribution in [2.45, 2.75) is 0 Å². The van der Waals surface area contributed by atoms with Gasteiger partial charge in [0.25, 0.3) is 0 Å². The van der Waals surface area contributed by atoms with Crippen LogP contribution in [0.1, 0.15) is 5.56 Å². The van der Waals surface area contributed by atoms with E-state index in [1.807, 2.05) is 18.2 Å². The Morgan fingerprint density at radius 3 is 1.57 bits per heavy atom. The van der Waals surface area contributed by atoms with Gasteiger partial charge in [-0.2, -0.15) is 5.26 Å². The van der Waals surface area contributed by atoms with Crippen LogP contribution < -0.4 is 0 Å². The number of hydrogen-bond donors (Lipinski definition) is 0. The first kappa shape index (κ1) is 27.4. The Hall–Kier alpha value is -6.69. The first-order chi connectivity index (χ1) is 24.2. The molecule has 0 fully saturated rings. The van der Waals surface area contributed by atoms with Crippen LogP contribution in [0.5, 0.6) is 0 Å². The zero-order chi connectivity index (χ0) is 32.5. The van der Waals surface area contributed by atoms with E-state index in [1.165, 1.54) is 65.3 Å². The standard InChI is InChI=1S/C47H27NO/c48-28-29-13-21-46-44(23-29)45-25-34(20-22-47(45)49-46)31-14-17-32(18-15-31)40-26-42-39-12-6-4-10-37(39)41(27-43(42)38-11-5-3-9-36(38)40)35-19-16-30-7-1-2-8-33(30)24-35/h1-27H. The van der Waals surface area contributed by atoms with Crippen molar-refractivity contribution in [3.63, 3.8) is 0 Å². The Kier molecular flexibility index (Phi) is 5.97. The summed E-state index contributed by atoms with van der Waals surface area (Å²) in [6, 6.07) is 60.8. The molecule has 0 saturated heterocycles. The molecule has 10 aromatic rings. The molecule has 0 aliphatic carbocycles. The highest BCUT2D eigenvalue weighted by Gasteiger charge is 2.15. The third kappa shape index (κ3) is 4.34. The topological polar surface area (TPSA) is 36.9 Å². The van der Waals surface area contributed by atoms with E-state index in [1.54, 1.807) is 6.07 Å². The fourth-order valence-corrected chi connectivity index (χ4v) is 7.65. The number of rotatable bonds is 3. The van der Waals surface area contributed by atoms with E-state index in [-0.39, 0.29) is 0 Å². The number of benzene rings is 9. The number of furan rings is 1. The van der Waals surface area contributed by atoms with E-state index < -0.39 is 0 Å². The molecular weight excluding hydrogens is 595 g/mol. The number of hydrogen-bond acceptors (Lipinski definition) is 2. The van der Waals surface area contributed by atoms with Gasteiger partial charge < -0.3 is 4.42 Å². The summed E-state index contributed by atoms with van der Waals surface area (Å²) in [5.74, 6) is 0. The minimum Gasteiger partial charge on any atom is -0.456 e. The smallest absolute Gasteiger partial charge is 0.135 e. The monoisotopic (exact) mass is 621 g/mol. The van der Waals surface area contributed by atoms with Gasteiger partial charge in [0.15, 0.2) is 0 Å². The summed E-state index contributed by atoms with van der Waals surface area (Å²) < 4.78 is 6.07. The van der Waals surface area contributed by atoms with Crippen molar-refractivity contribution < 1.29 is 4.42 Å². The van der Waals surface area contributed by atoms with E-state index in [0.29, 0.717) is 5.56 Å². The molecule has 226 valence electrons. The van der Waals surface area contributed by atoms with Crippen LogP contribution in [0.2, 0.25) is 0 Å². The summed E-state index contributed by atoms with van der Waals surface area (Å²) in [6.07, 6.45) is 0. The summed E-state index contributed by atoms with van der Waals surface area (Å²) in [6.45, 7) is 0. The quantitative estimate of drug-likeness (QED) is 0.184. The van der Waals surface area contributed by atoms with Gasteiger partial charge in [0.05, 0.1) is 11.6 Å². The van der Waals surface area contributed by atoms with Crippen molar-refractivity contribution in [3.05, 3.63) is 169 Å². The van der Waals surface area contributed by atoms with Crippen molar-refractivity contribution in [3.8, 4) is 39.4 Å². The zero-order valence-electron chi connectivity index (χ0n) is 26.4. The molecule has 9 aromatic carbocycles. The van der Waals surface area contributed by atoms with Crippen LogP contribution in [0.15, 0.2) is 168 Å². The molecule has 0 aliphatic rings. The van der Waals surface area contributed by atoms with Gasteiger partial charge in [-0.15, -0.1) is 0 Å². The molecule has 0 bridgehead atoms. The predicted octanol–water partition coefficient (Wildman–Crippen LogP) is 13.1. The molecule has 1 heterocycles. The SMILES string of the molecule is N#Cc1ccc2oc3ccc(-c4ccc(-c5cc6c7ccccc7c(-c7ccc8ccccc8c7)cc6c6ccccc56)cc4)cc3c2c1. The second-order valence-corrected chi connectivity index (χ2v) is 12.8. The number of nitriles is 1. The second kappa shape index (κ2) is 10.7. The van der Waals surface area contributed by atoms with Crippen molar-refractivity contribution >= 4 is 65.0 Å². The lowest BCUT2D eigenvalue weighted by Gasteiger charge is -2.16. The molecule has 0 atom stereocenters. The summed E-state index contributed by atoms with van der Waals surface area (Å²) in [5, 5.41) is 21.4. The van der Waals surface area contributed by atoms with E-state index in [4.69, 9.17) is 4.42 Å². The molecule has 2 nitrogen and oxygen atoms in total. The maximum Gasteiger partial charge on any atom is 0.135 e. The van der Waals surface area contributed by atoms with Gasteiger partial charge in [0.1, 0.15) is 11.2 Å². The average Bonchev–Trinajstić information content (AvgIpc) is 3.54. The normalized spacial score (nSPS) is 11.7. The maximum atomic E-state index is 9.45. The van der Waals surface area contributed by atoms with Crippen LogP contribution in [0.3, 0.4) is 0 Å². The van der Waals surface area contributed by atoms with Crippen molar-refractivity contribution in [1.29, 1.82) is 5.26 Å². The van der Waals surface area contributed by atoms with Crippen LogP contribution in [0.25, 0.3) is 98.4 Å². The molecule has 0 radical (unpaired) electrons. The van der Waals surface area contributed by atoms with Gasteiger partial charge >= 0.3 is 0 Å². The molecule has 2 heteroatoms. The van der Waals surface area contributed by atoms with Gasteiger partial charge in [0, 0.05) is 10.8 Å². The van der Waals surface area contributed by atoms with Crippen LogP contribution in [0.4, 0.5) is 0 Å². The van der Waals surface area contributed by atoms with E-state index in [9.17, 15) is 5.26 Å². The highest BCUT2D eigenvalue weighted by molar-refractivity contribution is 6.24. The molecule has 0 saturated carbocycles. The Balaban J connectivity index is 1.13. The van der Waals surface area contributed by atoms with Crippen LogP contribution in [-0.2, 0) is 0 Å². The number of fused-ring (bicyclic) bond motifs is 9. The van der Waals surface area contributed by atoms with E-state index in [2.05, 4.69) is 146 Å². The van der Waals surface area contributed by atoms with Crippen molar-refractivity contribution in [2.75, 3.05) is 0 Å². The van der Waals surface area contributed by atoms with Crippen LogP contribution in [0, 0.1) is 11.3 Å². The summed E-state index contributed by atoms with van der Waals surface area (Å²) in [7, 11) is 0. The molecule has 0 amide bonds. The lowest BCUT2D eigenvalue weighted by molar-refractivity contribution is 0.669. The minimum absolute atomic E-state index is 0.630. The Morgan fingerprint density at radius 1 is 0.347 bits per heavy atom. The van der Waals surface area contributed by atoms with Gasteiger partial charge in [-0.25, -0.2) is 0 Å². The van der Waals surface area contributed by atoms with E-state index in [0.717, 1.165) is 33.1 Å². The first-order valence-electron chi connectivity index (χ1n) is 16.6. The molecular formula is C47H27NO. The van der Waals surface area contributed by atoms with Crippen molar-refractivity contribution in [1.82, 2.24) is 0 Å². The lowest BCUT2D eigenvalue weighted by atomic mass is 9.87. The third-order valence-electron chi connectivity index (χ3n) is 10.1. The lowest BCUT2D eigenvalue weighted by Crippen LogP contribution is -1.89. The maximum absolute atomic E-state index is 9.45.